The van der Waals surface area contributed by atoms with Crippen LogP contribution in [-0.2, 0) is 10.5 Å². The number of carbonyl (C=O) groups excluding carboxylic acids is 1. The summed E-state index contributed by atoms with van der Waals surface area (Å²) in [6.45, 7) is 0. The highest BCUT2D eigenvalue weighted by molar-refractivity contribution is 7.99. The van der Waals surface area contributed by atoms with Gasteiger partial charge in [0.2, 0.25) is 0 Å². The van der Waals surface area contributed by atoms with E-state index in [1.165, 1.54) is 0 Å². The van der Waals surface area contributed by atoms with Gasteiger partial charge in [0, 0.05) is 30.0 Å². The number of H-pyrrole nitrogens is 1. The van der Waals surface area contributed by atoms with E-state index in [4.69, 9.17) is 0 Å². The summed E-state index contributed by atoms with van der Waals surface area (Å²) in [6.07, 6.45) is 6.64. The maximum Gasteiger partial charge on any atom is 0.258 e. The number of hydrogen-bond acceptors (Lipinski definition) is 6. The molecule has 0 unspecified atom stereocenters. The van der Waals surface area contributed by atoms with E-state index in [1.54, 1.807) is 30.2 Å². The fourth-order valence-corrected chi connectivity index (χ4v) is 4.31. The van der Waals surface area contributed by atoms with Gasteiger partial charge in [-0.2, -0.15) is 11.8 Å². The van der Waals surface area contributed by atoms with Crippen LogP contribution in [0.2, 0.25) is 0 Å². The van der Waals surface area contributed by atoms with E-state index in [9.17, 15) is 9.59 Å². The summed E-state index contributed by atoms with van der Waals surface area (Å²) in [5, 5.41) is 4.30. The molecule has 2 aromatic heterocycles. The summed E-state index contributed by atoms with van der Waals surface area (Å²) in [6, 6.07) is 9.31. The lowest BCUT2D eigenvalue weighted by Crippen LogP contribution is -2.17. The topological polar surface area (TPSA) is 87.7 Å². The molecule has 27 heavy (non-hydrogen) atoms. The highest BCUT2D eigenvalue weighted by Gasteiger charge is 2.19. The van der Waals surface area contributed by atoms with Crippen LogP contribution in [0.5, 0.6) is 0 Å². The van der Waals surface area contributed by atoms with Crippen molar-refractivity contribution in [2.75, 3.05) is 5.32 Å². The average Bonchev–Trinajstić information content (AvgIpc) is 2.68. The van der Waals surface area contributed by atoms with E-state index in [2.05, 4.69) is 20.3 Å². The Morgan fingerprint density at radius 1 is 1.15 bits per heavy atom. The van der Waals surface area contributed by atoms with Gasteiger partial charge >= 0.3 is 0 Å². The van der Waals surface area contributed by atoms with Gasteiger partial charge in [0.25, 0.3) is 5.56 Å². The number of nitrogens with zero attached hydrogens (tertiary/aromatic N) is 2. The van der Waals surface area contributed by atoms with Gasteiger partial charge in [-0.1, -0.05) is 0 Å². The molecule has 0 atom stereocenters. The van der Waals surface area contributed by atoms with Crippen molar-refractivity contribution in [2.24, 2.45) is 0 Å². The van der Waals surface area contributed by atoms with Crippen LogP contribution in [0, 0.1) is 0 Å². The zero-order valence-corrected chi connectivity index (χ0v) is 15.6. The van der Waals surface area contributed by atoms with E-state index in [0.717, 1.165) is 24.2 Å². The first-order valence-corrected chi connectivity index (χ1v) is 10.1. The molecule has 0 bridgehead atoms. The Morgan fingerprint density at radius 3 is 2.78 bits per heavy atom. The molecule has 2 heterocycles. The van der Waals surface area contributed by atoms with Crippen LogP contribution in [0.1, 0.15) is 31.5 Å². The van der Waals surface area contributed by atoms with Gasteiger partial charge in [-0.05, 0) is 43.2 Å². The van der Waals surface area contributed by atoms with Crippen molar-refractivity contribution in [1.29, 1.82) is 0 Å². The Balaban J connectivity index is 1.52. The molecule has 2 N–H and O–H groups in total. The summed E-state index contributed by atoms with van der Waals surface area (Å²) in [5.41, 5.74) is 2.28. The Bertz CT molecular complexity index is 1010. The first-order chi connectivity index (χ1) is 13.2. The average molecular weight is 380 g/mol. The van der Waals surface area contributed by atoms with E-state index in [0.29, 0.717) is 46.4 Å². The maximum atomic E-state index is 12.4. The minimum Gasteiger partial charge on any atom is -0.354 e. The molecule has 138 valence electrons. The van der Waals surface area contributed by atoms with Crippen LogP contribution in [-0.4, -0.2) is 26.0 Å². The number of nitrogens with one attached hydrogen (secondary N) is 2. The lowest BCUT2D eigenvalue weighted by molar-refractivity contribution is -0.120. The molecular formula is C20H20N4O2S. The van der Waals surface area contributed by atoms with Gasteiger partial charge in [-0.3, -0.25) is 14.6 Å². The third-order valence-electron chi connectivity index (χ3n) is 4.65. The highest BCUT2D eigenvalue weighted by atomic mass is 32.2. The minimum atomic E-state index is -0.123. The van der Waals surface area contributed by atoms with E-state index in [-0.39, 0.29) is 5.56 Å². The van der Waals surface area contributed by atoms with Crippen LogP contribution < -0.4 is 10.9 Å². The molecule has 3 aromatic rings. The van der Waals surface area contributed by atoms with Crippen molar-refractivity contribution in [3.8, 4) is 0 Å². The van der Waals surface area contributed by atoms with Gasteiger partial charge in [0.05, 0.1) is 28.5 Å². The molecule has 0 aliphatic heterocycles. The second-order valence-electron chi connectivity index (χ2n) is 6.66. The predicted octanol–water partition coefficient (Wildman–Crippen LogP) is 3.81. The van der Waals surface area contributed by atoms with Crippen LogP contribution in [0.4, 0.5) is 11.4 Å². The molecule has 1 aliphatic rings. The van der Waals surface area contributed by atoms with Gasteiger partial charge < -0.3 is 10.3 Å². The molecule has 1 saturated carbocycles. The van der Waals surface area contributed by atoms with Crippen molar-refractivity contribution in [3.05, 3.63) is 58.9 Å². The number of fused-ring (bicyclic) bond motifs is 1. The standard InChI is InChI=1S/C20H20N4O2S/c25-15-4-6-16(7-5-15)27-12-19-23-18-10-13(3-8-17(18)20(26)24-19)22-14-2-1-9-21-11-14/h1-3,8-11,16,22H,4-7,12H2,(H,23,24,26). The number of carbonyl (C=O) groups is 1. The molecule has 0 amide bonds. The van der Waals surface area contributed by atoms with Gasteiger partial charge in [-0.25, -0.2) is 4.98 Å². The number of aromatic nitrogens is 3. The van der Waals surface area contributed by atoms with Gasteiger partial charge in [0.1, 0.15) is 11.6 Å². The number of Topliss-reactive ketones (excluding diaryl/α,β-unsaturated/α-hetero) is 1. The summed E-state index contributed by atoms with van der Waals surface area (Å²) in [4.78, 5) is 35.4. The molecule has 4 rings (SSSR count). The lowest BCUT2D eigenvalue weighted by Gasteiger charge is -2.20. The number of benzene rings is 1. The molecule has 7 heteroatoms. The molecule has 0 spiro atoms. The molecule has 1 aromatic carbocycles. The largest absolute Gasteiger partial charge is 0.354 e. The van der Waals surface area contributed by atoms with E-state index < -0.39 is 0 Å². The van der Waals surface area contributed by atoms with Crippen LogP contribution in [0.25, 0.3) is 10.9 Å². The fraction of sp³-hybridized carbons (Fsp3) is 0.300. The zero-order valence-electron chi connectivity index (χ0n) is 14.8. The monoisotopic (exact) mass is 380 g/mol. The number of aromatic amines is 1. The quantitative estimate of drug-likeness (QED) is 0.700. The molecular weight excluding hydrogens is 360 g/mol. The Morgan fingerprint density at radius 2 is 2.00 bits per heavy atom. The minimum absolute atomic E-state index is 0.123. The summed E-state index contributed by atoms with van der Waals surface area (Å²) in [5.74, 6) is 1.68. The van der Waals surface area contributed by atoms with Crippen LogP contribution in [0.3, 0.4) is 0 Å². The number of hydrogen-bond donors (Lipinski definition) is 2. The van der Waals surface area contributed by atoms with Crippen molar-refractivity contribution in [3.63, 3.8) is 0 Å². The van der Waals surface area contributed by atoms with E-state index in [1.807, 2.05) is 24.3 Å². The van der Waals surface area contributed by atoms with Crippen molar-refractivity contribution < 1.29 is 4.79 Å². The first-order valence-electron chi connectivity index (χ1n) is 9.01. The molecule has 1 aliphatic carbocycles. The second-order valence-corrected chi connectivity index (χ2v) is 7.95. The molecule has 6 nitrogen and oxygen atoms in total. The van der Waals surface area contributed by atoms with Crippen LogP contribution >= 0.6 is 11.8 Å². The van der Waals surface area contributed by atoms with Crippen molar-refractivity contribution in [1.82, 2.24) is 15.0 Å². The zero-order chi connectivity index (χ0) is 18.6. The summed E-state index contributed by atoms with van der Waals surface area (Å²) >= 11 is 1.77. The summed E-state index contributed by atoms with van der Waals surface area (Å²) < 4.78 is 0. The van der Waals surface area contributed by atoms with Crippen molar-refractivity contribution in [2.45, 2.75) is 36.7 Å². The van der Waals surface area contributed by atoms with Crippen molar-refractivity contribution >= 4 is 39.8 Å². The highest BCUT2D eigenvalue weighted by Crippen LogP contribution is 2.28. The number of anilines is 2. The maximum absolute atomic E-state index is 12.4. The van der Waals surface area contributed by atoms with E-state index >= 15 is 0 Å². The smallest absolute Gasteiger partial charge is 0.258 e. The Hall–Kier alpha value is -2.67. The lowest BCUT2D eigenvalue weighted by atomic mass is 9.99. The normalized spacial score (nSPS) is 15.2. The van der Waals surface area contributed by atoms with Crippen LogP contribution in [0.15, 0.2) is 47.5 Å². The predicted molar refractivity (Wildman–Crippen MR) is 108 cm³/mol. The third-order valence-corrected chi connectivity index (χ3v) is 6.03. The SMILES string of the molecule is O=C1CCC(SCc2nc3cc(Nc4cccnc4)ccc3c(=O)[nH]2)CC1. The Labute approximate surface area is 160 Å². The molecule has 0 radical (unpaired) electrons. The Kier molecular flexibility index (Phi) is 5.20. The van der Waals surface area contributed by atoms with Gasteiger partial charge in [-0.15, -0.1) is 0 Å². The molecule has 1 fully saturated rings. The molecule has 0 saturated heterocycles. The second kappa shape index (κ2) is 7.92. The number of pyridine rings is 1. The third kappa shape index (κ3) is 4.36. The van der Waals surface area contributed by atoms with Gasteiger partial charge in [0.15, 0.2) is 0 Å². The summed E-state index contributed by atoms with van der Waals surface area (Å²) in [7, 11) is 0. The fourth-order valence-electron chi connectivity index (χ4n) is 3.21. The number of thioether (sulfide) groups is 1. The number of rotatable bonds is 5. The first kappa shape index (κ1) is 17.7. The number of ketones is 1.